The summed E-state index contributed by atoms with van der Waals surface area (Å²) in [6.07, 6.45) is 3.48. The fourth-order valence-corrected chi connectivity index (χ4v) is 3.01. The van der Waals surface area contributed by atoms with Gasteiger partial charge in [-0.3, -0.25) is 0 Å². The number of hydrogen-bond donors (Lipinski definition) is 1. The zero-order chi connectivity index (χ0) is 19.3. The van der Waals surface area contributed by atoms with Gasteiger partial charge in [0.05, 0.1) is 25.0 Å². The van der Waals surface area contributed by atoms with Gasteiger partial charge in [-0.15, -0.1) is 0 Å². The number of urea groups is 1. The first-order chi connectivity index (χ1) is 13.7. The van der Waals surface area contributed by atoms with Crippen LogP contribution in [0.25, 0.3) is 5.69 Å². The Bertz CT molecular complexity index is 942. The monoisotopic (exact) mass is 378 g/mol. The lowest BCUT2D eigenvalue weighted by Gasteiger charge is -2.27. The number of fused-ring (bicyclic) bond motifs is 1. The summed E-state index contributed by atoms with van der Waals surface area (Å²) in [6.45, 7) is 1.25. The lowest BCUT2D eigenvalue weighted by atomic mass is 10.2. The van der Waals surface area contributed by atoms with Crippen molar-refractivity contribution in [1.29, 1.82) is 0 Å². The molecule has 7 heteroatoms. The minimum atomic E-state index is -0.215. The summed E-state index contributed by atoms with van der Waals surface area (Å²) in [7, 11) is 1.75. The molecule has 3 aromatic rings. The minimum absolute atomic E-state index is 0.171. The Hall–Kier alpha value is -3.48. The largest absolute Gasteiger partial charge is 0.486 e. The molecule has 1 aliphatic heterocycles. The molecule has 0 saturated heterocycles. The highest BCUT2D eigenvalue weighted by atomic mass is 16.6. The van der Waals surface area contributed by atoms with Crippen molar-refractivity contribution >= 4 is 6.03 Å². The maximum absolute atomic E-state index is 12.4. The van der Waals surface area contributed by atoms with E-state index < -0.39 is 0 Å². The van der Waals surface area contributed by atoms with Crippen molar-refractivity contribution in [3.8, 4) is 17.2 Å². The second-order valence-electron chi connectivity index (χ2n) is 6.67. The van der Waals surface area contributed by atoms with Crippen molar-refractivity contribution in [2.45, 2.75) is 12.6 Å². The van der Waals surface area contributed by atoms with E-state index in [1.807, 2.05) is 60.8 Å². The number of para-hydroxylation sites is 3. The first kappa shape index (κ1) is 17.9. The van der Waals surface area contributed by atoms with Crippen LogP contribution in [0.4, 0.5) is 4.79 Å². The number of carbonyl (C=O) groups excluding carboxylic acids is 1. The number of nitrogens with zero attached hydrogens (tertiary/aromatic N) is 3. The highest BCUT2D eigenvalue weighted by molar-refractivity contribution is 5.73. The van der Waals surface area contributed by atoms with E-state index >= 15 is 0 Å². The fraction of sp³-hybridized carbons (Fsp3) is 0.238. The van der Waals surface area contributed by atoms with E-state index in [0.29, 0.717) is 25.4 Å². The van der Waals surface area contributed by atoms with Crippen LogP contribution in [0.2, 0.25) is 0 Å². The Balaban J connectivity index is 1.28. The molecule has 2 aromatic carbocycles. The number of hydrogen-bond acceptors (Lipinski definition) is 4. The average Bonchev–Trinajstić information content (AvgIpc) is 3.21. The van der Waals surface area contributed by atoms with Gasteiger partial charge < -0.3 is 19.7 Å². The highest BCUT2D eigenvalue weighted by Gasteiger charge is 2.21. The summed E-state index contributed by atoms with van der Waals surface area (Å²) in [5.74, 6) is 1.44. The van der Waals surface area contributed by atoms with Gasteiger partial charge in [0.1, 0.15) is 6.61 Å². The maximum atomic E-state index is 12.4. The van der Waals surface area contributed by atoms with Crippen LogP contribution in [0.3, 0.4) is 0 Å². The van der Waals surface area contributed by atoms with Crippen molar-refractivity contribution in [3.63, 3.8) is 0 Å². The highest BCUT2D eigenvalue weighted by Crippen LogP contribution is 2.30. The van der Waals surface area contributed by atoms with Crippen molar-refractivity contribution in [2.24, 2.45) is 0 Å². The zero-order valence-electron chi connectivity index (χ0n) is 15.6. The number of carbonyl (C=O) groups is 1. The van der Waals surface area contributed by atoms with Crippen LogP contribution >= 0.6 is 0 Å². The van der Waals surface area contributed by atoms with E-state index in [-0.39, 0.29) is 12.1 Å². The van der Waals surface area contributed by atoms with Gasteiger partial charge in [-0.05, 0) is 24.3 Å². The lowest BCUT2D eigenvalue weighted by molar-refractivity contribution is 0.0904. The summed E-state index contributed by atoms with van der Waals surface area (Å²) in [4.78, 5) is 14.0. The van der Waals surface area contributed by atoms with Gasteiger partial charge in [0, 0.05) is 18.8 Å². The molecule has 1 aliphatic rings. The standard InChI is InChI=1S/C21H22N4O3/c1-24(13-16-11-23-25(14-16)17-7-3-2-4-8-17)21(26)22-12-18-15-27-19-9-5-6-10-20(19)28-18/h2-11,14,18H,12-13,15H2,1H3,(H,22,26). The molecule has 0 aliphatic carbocycles. The number of rotatable bonds is 5. The molecule has 0 fully saturated rings. The molecular formula is C21H22N4O3. The Morgan fingerprint density at radius 2 is 1.93 bits per heavy atom. The van der Waals surface area contributed by atoms with E-state index in [4.69, 9.17) is 9.47 Å². The second kappa shape index (κ2) is 8.04. The summed E-state index contributed by atoms with van der Waals surface area (Å²) in [5, 5.41) is 7.26. The van der Waals surface area contributed by atoms with Gasteiger partial charge in [0.15, 0.2) is 17.6 Å². The first-order valence-electron chi connectivity index (χ1n) is 9.15. The number of aromatic nitrogens is 2. The van der Waals surface area contributed by atoms with E-state index in [2.05, 4.69) is 10.4 Å². The van der Waals surface area contributed by atoms with Crippen LogP contribution in [-0.4, -0.2) is 47.0 Å². The van der Waals surface area contributed by atoms with E-state index in [9.17, 15) is 4.79 Å². The average molecular weight is 378 g/mol. The molecule has 7 nitrogen and oxygen atoms in total. The van der Waals surface area contributed by atoms with Crippen LogP contribution in [0.1, 0.15) is 5.56 Å². The maximum Gasteiger partial charge on any atom is 0.317 e. The topological polar surface area (TPSA) is 68.6 Å². The Kier molecular flexibility index (Phi) is 5.14. The second-order valence-corrected chi connectivity index (χ2v) is 6.67. The molecular weight excluding hydrogens is 356 g/mol. The third kappa shape index (κ3) is 4.09. The molecule has 0 saturated carbocycles. The van der Waals surface area contributed by atoms with Gasteiger partial charge in [0.2, 0.25) is 0 Å². The van der Waals surface area contributed by atoms with E-state index in [1.165, 1.54) is 0 Å². The minimum Gasteiger partial charge on any atom is -0.486 e. The van der Waals surface area contributed by atoms with Crippen molar-refractivity contribution in [3.05, 3.63) is 72.6 Å². The van der Waals surface area contributed by atoms with Gasteiger partial charge >= 0.3 is 6.03 Å². The molecule has 2 amide bonds. The van der Waals surface area contributed by atoms with Crippen molar-refractivity contribution in [2.75, 3.05) is 20.2 Å². The molecule has 4 rings (SSSR count). The van der Waals surface area contributed by atoms with Crippen molar-refractivity contribution < 1.29 is 14.3 Å². The molecule has 0 spiro atoms. The SMILES string of the molecule is CN(Cc1cnn(-c2ccccc2)c1)C(=O)NCC1COc2ccccc2O1. The quantitative estimate of drug-likeness (QED) is 0.741. The number of benzene rings is 2. The van der Waals surface area contributed by atoms with Crippen LogP contribution in [-0.2, 0) is 6.54 Å². The first-order valence-corrected chi connectivity index (χ1v) is 9.15. The molecule has 0 bridgehead atoms. The van der Waals surface area contributed by atoms with Crippen LogP contribution in [0.5, 0.6) is 11.5 Å². The summed E-state index contributed by atoms with van der Waals surface area (Å²) < 4.78 is 13.3. The smallest absolute Gasteiger partial charge is 0.317 e. The molecule has 1 atom stereocenters. The Morgan fingerprint density at radius 3 is 2.75 bits per heavy atom. The van der Waals surface area contributed by atoms with Gasteiger partial charge in [-0.2, -0.15) is 5.10 Å². The molecule has 144 valence electrons. The molecule has 28 heavy (non-hydrogen) atoms. The Morgan fingerprint density at radius 1 is 1.18 bits per heavy atom. The molecule has 0 radical (unpaired) electrons. The van der Waals surface area contributed by atoms with Gasteiger partial charge in [0.25, 0.3) is 0 Å². The van der Waals surface area contributed by atoms with Crippen molar-refractivity contribution in [1.82, 2.24) is 20.0 Å². The predicted octanol–water partition coefficient (Wildman–Crippen LogP) is 2.85. The van der Waals surface area contributed by atoms with Crippen LogP contribution in [0, 0.1) is 0 Å². The lowest BCUT2D eigenvalue weighted by Crippen LogP contribution is -2.44. The van der Waals surface area contributed by atoms with E-state index in [1.54, 1.807) is 22.8 Å². The number of nitrogens with one attached hydrogen (secondary N) is 1. The molecule has 1 aromatic heterocycles. The molecule has 2 heterocycles. The van der Waals surface area contributed by atoms with Crippen LogP contribution in [0.15, 0.2) is 67.0 Å². The number of ether oxygens (including phenoxy) is 2. The van der Waals surface area contributed by atoms with Gasteiger partial charge in [-0.25, -0.2) is 9.48 Å². The fourth-order valence-electron chi connectivity index (χ4n) is 3.01. The summed E-state index contributed by atoms with van der Waals surface area (Å²) in [6, 6.07) is 17.2. The normalized spacial score (nSPS) is 15.1. The molecule has 1 unspecified atom stereocenters. The van der Waals surface area contributed by atoms with Crippen LogP contribution < -0.4 is 14.8 Å². The Labute approximate surface area is 163 Å². The summed E-state index contributed by atoms with van der Waals surface area (Å²) >= 11 is 0. The predicted molar refractivity (Wildman–Crippen MR) is 105 cm³/mol. The zero-order valence-corrected chi connectivity index (χ0v) is 15.6. The van der Waals surface area contributed by atoms with Gasteiger partial charge in [-0.1, -0.05) is 30.3 Å². The molecule has 1 N–H and O–H groups in total. The third-order valence-electron chi connectivity index (χ3n) is 4.47. The summed E-state index contributed by atoms with van der Waals surface area (Å²) in [5.41, 5.74) is 1.93. The number of amides is 2. The third-order valence-corrected chi connectivity index (χ3v) is 4.47. The van der Waals surface area contributed by atoms with E-state index in [0.717, 1.165) is 17.0 Å².